The van der Waals surface area contributed by atoms with Crippen LogP contribution in [0.2, 0.25) is 5.02 Å². The maximum atomic E-state index is 5.94. The first-order valence-corrected chi connectivity index (χ1v) is 5.52. The van der Waals surface area contributed by atoms with Crippen LogP contribution in [0.25, 0.3) is 0 Å². The van der Waals surface area contributed by atoms with E-state index in [4.69, 9.17) is 16.3 Å². The minimum Gasteiger partial charge on any atom is -0.495 e. The van der Waals surface area contributed by atoms with Gasteiger partial charge in [-0.1, -0.05) is 25.4 Å². The van der Waals surface area contributed by atoms with Crippen LogP contribution in [0.15, 0.2) is 18.2 Å². The van der Waals surface area contributed by atoms with Gasteiger partial charge in [0.2, 0.25) is 0 Å². The van der Waals surface area contributed by atoms with Gasteiger partial charge >= 0.3 is 0 Å². The van der Waals surface area contributed by atoms with E-state index in [-0.39, 0.29) is 0 Å². The van der Waals surface area contributed by atoms with Gasteiger partial charge in [-0.3, -0.25) is 0 Å². The normalized spacial score (nSPS) is 12.7. The second kappa shape index (κ2) is 5.26. The minimum absolute atomic E-state index is 0.427. The van der Waals surface area contributed by atoms with E-state index in [1.54, 1.807) is 7.11 Å². The molecule has 0 spiro atoms. The first-order chi connectivity index (χ1) is 7.04. The average Bonchev–Trinajstić information content (AvgIpc) is 2.20. The number of hydrogen-bond acceptors (Lipinski definition) is 2. The first kappa shape index (κ1) is 12.2. The lowest BCUT2D eigenvalue weighted by Crippen LogP contribution is -2.21. The van der Waals surface area contributed by atoms with Gasteiger partial charge in [0.15, 0.2) is 0 Å². The molecule has 1 atom stereocenters. The van der Waals surface area contributed by atoms with Crippen LogP contribution >= 0.6 is 11.6 Å². The van der Waals surface area contributed by atoms with Gasteiger partial charge in [-0.15, -0.1) is 0 Å². The van der Waals surface area contributed by atoms with Crippen LogP contribution in [0, 0.1) is 5.92 Å². The van der Waals surface area contributed by atoms with E-state index in [2.05, 4.69) is 26.1 Å². The third-order valence-electron chi connectivity index (χ3n) is 2.55. The molecule has 1 aromatic rings. The van der Waals surface area contributed by atoms with E-state index in [1.165, 1.54) is 0 Å². The van der Waals surface area contributed by atoms with Crippen molar-refractivity contribution in [2.45, 2.75) is 26.8 Å². The summed E-state index contributed by atoms with van der Waals surface area (Å²) in [5, 5.41) is 4.04. The lowest BCUT2D eigenvalue weighted by Gasteiger charge is -2.19. The van der Waals surface area contributed by atoms with Crippen molar-refractivity contribution in [1.82, 2.24) is 0 Å². The van der Waals surface area contributed by atoms with Gasteiger partial charge in [-0.2, -0.15) is 0 Å². The summed E-state index contributed by atoms with van der Waals surface area (Å²) in [4.78, 5) is 0. The van der Waals surface area contributed by atoms with Crippen molar-refractivity contribution in [3.8, 4) is 5.75 Å². The molecule has 0 aliphatic rings. The first-order valence-electron chi connectivity index (χ1n) is 5.14. The van der Waals surface area contributed by atoms with Crippen molar-refractivity contribution >= 4 is 17.3 Å². The van der Waals surface area contributed by atoms with Crippen molar-refractivity contribution in [3.63, 3.8) is 0 Å². The third-order valence-corrected chi connectivity index (χ3v) is 2.86. The number of anilines is 1. The number of rotatable bonds is 4. The maximum absolute atomic E-state index is 5.94. The Labute approximate surface area is 96.6 Å². The fourth-order valence-electron chi connectivity index (χ4n) is 1.18. The predicted molar refractivity (Wildman–Crippen MR) is 65.9 cm³/mol. The molecule has 1 aromatic carbocycles. The zero-order valence-corrected chi connectivity index (χ0v) is 10.4. The van der Waals surface area contributed by atoms with E-state index in [0.29, 0.717) is 22.7 Å². The Bertz CT molecular complexity index is 325. The smallest absolute Gasteiger partial charge is 0.139 e. The van der Waals surface area contributed by atoms with E-state index < -0.39 is 0 Å². The third kappa shape index (κ3) is 3.31. The number of hydrogen-bond donors (Lipinski definition) is 1. The molecule has 3 heteroatoms. The van der Waals surface area contributed by atoms with Gasteiger partial charge in [0.25, 0.3) is 0 Å². The highest BCUT2D eigenvalue weighted by Crippen LogP contribution is 2.28. The van der Waals surface area contributed by atoms with Crippen LogP contribution < -0.4 is 10.1 Å². The Morgan fingerprint density at radius 1 is 1.27 bits per heavy atom. The number of nitrogens with one attached hydrogen (secondary N) is 1. The predicted octanol–water partition coefficient (Wildman–Crippen LogP) is 3.81. The van der Waals surface area contributed by atoms with Gasteiger partial charge in [0.1, 0.15) is 5.75 Å². The number of methoxy groups -OCH3 is 1. The van der Waals surface area contributed by atoms with E-state index in [0.717, 1.165) is 5.69 Å². The molecule has 15 heavy (non-hydrogen) atoms. The summed E-state index contributed by atoms with van der Waals surface area (Å²) >= 11 is 5.94. The van der Waals surface area contributed by atoms with E-state index in [1.807, 2.05) is 18.2 Å². The number of ether oxygens (including phenoxy) is 1. The van der Waals surface area contributed by atoms with Crippen LogP contribution in [0.3, 0.4) is 0 Å². The van der Waals surface area contributed by atoms with Crippen LogP contribution in [0.5, 0.6) is 5.75 Å². The van der Waals surface area contributed by atoms with Crippen LogP contribution in [-0.2, 0) is 0 Å². The highest BCUT2D eigenvalue weighted by atomic mass is 35.5. The molecular formula is C12H18ClNO. The Morgan fingerprint density at radius 3 is 2.47 bits per heavy atom. The maximum Gasteiger partial charge on any atom is 0.139 e. The SMILES string of the molecule is COc1cc(NC(C)C(C)C)ccc1Cl. The largest absolute Gasteiger partial charge is 0.495 e. The molecule has 1 rings (SSSR count). The van der Waals surface area contributed by atoms with E-state index in [9.17, 15) is 0 Å². The van der Waals surface area contributed by atoms with Gasteiger partial charge in [0, 0.05) is 17.8 Å². The van der Waals surface area contributed by atoms with Gasteiger partial charge in [0.05, 0.1) is 12.1 Å². The molecular weight excluding hydrogens is 210 g/mol. The fourth-order valence-corrected chi connectivity index (χ4v) is 1.37. The molecule has 1 unspecified atom stereocenters. The summed E-state index contributed by atoms with van der Waals surface area (Å²) in [5.41, 5.74) is 1.04. The highest BCUT2D eigenvalue weighted by Gasteiger charge is 2.08. The molecule has 0 fully saturated rings. The monoisotopic (exact) mass is 227 g/mol. The average molecular weight is 228 g/mol. The molecule has 84 valence electrons. The fraction of sp³-hybridized carbons (Fsp3) is 0.500. The van der Waals surface area contributed by atoms with Crippen LogP contribution in [0.1, 0.15) is 20.8 Å². The van der Waals surface area contributed by atoms with Gasteiger partial charge in [-0.05, 0) is 25.0 Å². The Balaban J connectivity index is 2.78. The molecule has 0 aliphatic heterocycles. The van der Waals surface area contributed by atoms with Crippen molar-refractivity contribution in [2.75, 3.05) is 12.4 Å². The van der Waals surface area contributed by atoms with E-state index >= 15 is 0 Å². The minimum atomic E-state index is 0.427. The second-order valence-electron chi connectivity index (χ2n) is 4.03. The quantitative estimate of drug-likeness (QED) is 0.845. The van der Waals surface area contributed by atoms with Gasteiger partial charge in [-0.25, -0.2) is 0 Å². The molecule has 0 bridgehead atoms. The molecule has 0 amide bonds. The molecule has 0 saturated carbocycles. The van der Waals surface area contributed by atoms with Crippen molar-refractivity contribution in [3.05, 3.63) is 23.2 Å². The second-order valence-corrected chi connectivity index (χ2v) is 4.43. The topological polar surface area (TPSA) is 21.3 Å². The zero-order valence-electron chi connectivity index (χ0n) is 9.67. The molecule has 1 N–H and O–H groups in total. The zero-order chi connectivity index (χ0) is 11.4. The molecule has 2 nitrogen and oxygen atoms in total. The summed E-state index contributed by atoms with van der Waals surface area (Å²) in [6.07, 6.45) is 0. The van der Waals surface area contributed by atoms with Gasteiger partial charge < -0.3 is 10.1 Å². The van der Waals surface area contributed by atoms with Crippen molar-refractivity contribution in [1.29, 1.82) is 0 Å². The van der Waals surface area contributed by atoms with Crippen molar-refractivity contribution in [2.24, 2.45) is 5.92 Å². The van der Waals surface area contributed by atoms with Crippen LogP contribution in [0.4, 0.5) is 5.69 Å². The lowest BCUT2D eigenvalue weighted by atomic mass is 10.1. The molecule has 0 radical (unpaired) electrons. The molecule has 0 aromatic heterocycles. The number of benzene rings is 1. The summed E-state index contributed by atoms with van der Waals surface area (Å²) in [6.45, 7) is 6.53. The number of halogens is 1. The molecule has 0 heterocycles. The highest BCUT2D eigenvalue weighted by molar-refractivity contribution is 6.32. The summed E-state index contributed by atoms with van der Waals surface area (Å²) in [5.74, 6) is 1.30. The molecule has 0 aliphatic carbocycles. The van der Waals surface area contributed by atoms with Crippen molar-refractivity contribution < 1.29 is 4.74 Å². The summed E-state index contributed by atoms with van der Waals surface area (Å²) in [6, 6.07) is 6.15. The summed E-state index contributed by atoms with van der Waals surface area (Å²) in [7, 11) is 1.62. The Morgan fingerprint density at radius 2 is 1.93 bits per heavy atom. The standard InChI is InChI=1S/C12H18ClNO/c1-8(2)9(3)14-10-5-6-11(13)12(7-10)15-4/h5-9,14H,1-4H3. The summed E-state index contributed by atoms with van der Waals surface area (Å²) < 4.78 is 5.16. The Hall–Kier alpha value is -0.890. The lowest BCUT2D eigenvalue weighted by molar-refractivity contribution is 0.415. The van der Waals surface area contributed by atoms with Crippen LogP contribution in [-0.4, -0.2) is 13.2 Å². The molecule has 0 saturated heterocycles. The Kier molecular flexibility index (Phi) is 4.28.